The van der Waals surface area contributed by atoms with Crippen LogP contribution >= 0.6 is 0 Å². The third-order valence-corrected chi connectivity index (χ3v) is 0.170. The van der Waals surface area contributed by atoms with Gasteiger partial charge in [0.15, 0.2) is 0 Å². The van der Waals surface area contributed by atoms with E-state index in [0.29, 0.717) is 0 Å². The molecule has 0 bridgehead atoms. The Morgan fingerprint density at radius 1 is 2.00 bits per heavy atom. The monoisotopic (exact) mass is 74.1 g/mol. The number of nitrogens with zero attached hydrogens (tertiary/aromatic N) is 1. The molecule has 0 amide bonds. The van der Waals surface area contributed by atoms with Crippen LogP contribution in [0.1, 0.15) is 0 Å². The van der Waals surface area contributed by atoms with Crippen molar-refractivity contribution >= 4 is 0 Å². The van der Waals surface area contributed by atoms with Gasteiger partial charge in [-0.05, 0) is 0 Å². The predicted octanol–water partition coefficient (Wildman–Crippen LogP) is -0.562. The van der Waals surface area contributed by atoms with E-state index < -0.39 is 0 Å². The van der Waals surface area contributed by atoms with E-state index in [0.717, 1.165) is 0 Å². The molecule has 30 valence electrons. The molecule has 0 aliphatic rings. The molecule has 0 saturated heterocycles. The summed E-state index contributed by atoms with van der Waals surface area (Å²) in [6.07, 6.45) is 0. The van der Waals surface area contributed by atoms with E-state index in [1.165, 1.54) is 0 Å². The fourth-order valence-corrected chi connectivity index (χ4v) is 0.0456. The quantitative estimate of drug-likeness (QED) is 0.233. The molecular formula is CH6N4. The summed E-state index contributed by atoms with van der Waals surface area (Å²) in [5.74, 6) is 4.68. The largest absolute Gasteiger partial charge is 0.270 e. The molecule has 0 saturated carbocycles. The fourth-order valence-electron chi connectivity index (χ4n) is 0.0456. The van der Waals surface area contributed by atoms with Crippen LogP contribution in [0.2, 0.25) is 0 Å². The topological polar surface area (TPSA) is 74.3 Å². The molecular weight excluding hydrogens is 68.0 g/mol. The first kappa shape index (κ1) is 4.52. The highest BCUT2D eigenvalue weighted by atomic mass is 15.3. The summed E-state index contributed by atoms with van der Waals surface area (Å²) in [6, 6.07) is 0. The number of nitrogens with one attached hydrogen (secondary N) is 2. The molecule has 0 aromatic rings. The van der Waals surface area contributed by atoms with Crippen LogP contribution in [0.3, 0.4) is 0 Å². The van der Waals surface area contributed by atoms with Gasteiger partial charge in [-0.1, -0.05) is 0 Å². The average Bonchev–Trinajstić information content (AvgIpc) is 1.41. The maximum atomic E-state index is 6.09. The van der Waals surface area contributed by atoms with Crippen LogP contribution in [0.25, 0.3) is 0 Å². The van der Waals surface area contributed by atoms with Crippen molar-refractivity contribution in [2.75, 3.05) is 6.67 Å². The summed E-state index contributed by atoms with van der Waals surface area (Å²) in [7, 11) is 0. The highest BCUT2D eigenvalue weighted by Gasteiger charge is 1.58. The molecule has 0 rings (SSSR count). The van der Waals surface area contributed by atoms with Crippen LogP contribution in [0, 0.1) is 5.53 Å². The minimum Gasteiger partial charge on any atom is -0.270 e. The predicted molar refractivity (Wildman–Crippen MR) is 17.3 cm³/mol. The van der Waals surface area contributed by atoms with Crippen molar-refractivity contribution in [2.45, 2.75) is 0 Å². The van der Waals surface area contributed by atoms with Crippen molar-refractivity contribution in [3.8, 4) is 0 Å². The highest BCUT2D eigenvalue weighted by molar-refractivity contribution is 4.13. The normalized spacial score (nSPS) is 7.40. The Morgan fingerprint density at radius 3 is 2.60 bits per heavy atom. The van der Waals surface area contributed by atoms with Crippen LogP contribution in [0.5, 0.6) is 0 Å². The lowest BCUT2D eigenvalue weighted by molar-refractivity contribution is 0.714. The van der Waals surface area contributed by atoms with E-state index in [4.69, 9.17) is 5.53 Å². The Balaban J connectivity index is 2.40. The molecule has 5 heavy (non-hydrogen) atoms. The lowest BCUT2D eigenvalue weighted by Gasteiger charge is -1.78. The van der Waals surface area contributed by atoms with Crippen molar-refractivity contribution in [3.05, 3.63) is 0 Å². The second-order valence-electron chi connectivity index (χ2n) is 0.520. The van der Waals surface area contributed by atoms with Gasteiger partial charge in [-0.25, -0.2) is 11.0 Å². The lowest BCUT2D eigenvalue weighted by Crippen LogP contribution is -2.20. The van der Waals surface area contributed by atoms with Gasteiger partial charge < -0.3 is 0 Å². The van der Waals surface area contributed by atoms with Gasteiger partial charge in [0.2, 0.25) is 0 Å². The van der Waals surface area contributed by atoms with Crippen molar-refractivity contribution in [3.63, 3.8) is 0 Å². The Morgan fingerprint density at radius 2 is 2.60 bits per heavy atom. The van der Waals surface area contributed by atoms with E-state index in [1.807, 2.05) is 0 Å². The minimum absolute atomic E-state index is 0.208. The lowest BCUT2D eigenvalue weighted by atomic mass is 11.2. The maximum absolute atomic E-state index is 6.09. The molecule has 0 radical (unpaired) electrons. The molecule has 4 nitrogen and oxygen atoms in total. The van der Waals surface area contributed by atoms with Crippen LogP contribution in [0.15, 0.2) is 5.11 Å². The Bertz CT molecular complexity index is 24.8. The fraction of sp³-hybridized carbons (Fsp3) is 1.00. The third-order valence-electron chi connectivity index (χ3n) is 0.170. The summed E-state index contributed by atoms with van der Waals surface area (Å²) in [5.41, 5.74) is 8.25. The van der Waals surface area contributed by atoms with E-state index in [1.54, 1.807) is 0 Å². The molecule has 0 unspecified atom stereocenters. The molecule has 0 fully saturated rings. The first-order chi connectivity index (χ1) is 2.41. The van der Waals surface area contributed by atoms with Gasteiger partial charge in [0.05, 0.1) is 0 Å². The second kappa shape index (κ2) is 3.52. The van der Waals surface area contributed by atoms with Crippen molar-refractivity contribution in [1.82, 2.24) is 5.43 Å². The van der Waals surface area contributed by atoms with E-state index in [-0.39, 0.29) is 6.67 Å². The first-order valence-electron chi connectivity index (χ1n) is 1.18. The Labute approximate surface area is 29.8 Å². The van der Waals surface area contributed by atoms with Crippen LogP contribution in [-0.4, -0.2) is 6.67 Å². The zero-order valence-corrected chi connectivity index (χ0v) is 2.73. The molecule has 0 spiro atoms. The SMILES string of the molecule is N=NCNN. The zero-order chi connectivity index (χ0) is 4.12. The summed E-state index contributed by atoms with van der Waals surface area (Å²) in [4.78, 5) is 0. The third kappa shape index (κ3) is 3.52. The number of hydrazine groups is 1. The van der Waals surface area contributed by atoms with Gasteiger partial charge in [0.25, 0.3) is 0 Å². The van der Waals surface area contributed by atoms with Crippen molar-refractivity contribution in [2.24, 2.45) is 11.0 Å². The van der Waals surface area contributed by atoms with Crippen LogP contribution < -0.4 is 11.3 Å². The van der Waals surface area contributed by atoms with E-state index in [9.17, 15) is 0 Å². The zero-order valence-electron chi connectivity index (χ0n) is 2.73. The molecule has 0 aromatic heterocycles. The van der Waals surface area contributed by atoms with Gasteiger partial charge >= 0.3 is 0 Å². The highest BCUT2D eigenvalue weighted by Crippen LogP contribution is 1.46. The van der Waals surface area contributed by atoms with Crippen molar-refractivity contribution in [1.29, 1.82) is 5.53 Å². The summed E-state index contributed by atoms with van der Waals surface area (Å²) in [6.45, 7) is 0.208. The average molecular weight is 74.1 g/mol. The standard InChI is InChI=1S/CH6N4/c2-4-1-5-3/h2,5H,1,3H2. The molecule has 0 aromatic carbocycles. The summed E-state index contributed by atoms with van der Waals surface area (Å²) in [5, 5.41) is 2.87. The van der Waals surface area contributed by atoms with Crippen molar-refractivity contribution < 1.29 is 0 Å². The molecule has 0 aliphatic carbocycles. The number of rotatable bonds is 2. The van der Waals surface area contributed by atoms with Gasteiger partial charge in [0.1, 0.15) is 6.67 Å². The van der Waals surface area contributed by atoms with Gasteiger partial charge in [0, 0.05) is 0 Å². The Hall–Kier alpha value is -0.480. The van der Waals surface area contributed by atoms with E-state index >= 15 is 0 Å². The van der Waals surface area contributed by atoms with Gasteiger partial charge in [-0.15, -0.1) is 0 Å². The molecule has 0 heterocycles. The molecule has 4 N–H and O–H groups in total. The summed E-state index contributed by atoms with van der Waals surface area (Å²) >= 11 is 0. The van der Waals surface area contributed by atoms with Gasteiger partial charge in [-0.3, -0.25) is 5.84 Å². The van der Waals surface area contributed by atoms with Crippen LogP contribution in [-0.2, 0) is 0 Å². The number of nitrogens with two attached hydrogens (primary N) is 1. The van der Waals surface area contributed by atoms with E-state index in [2.05, 4.69) is 16.4 Å². The first-order valence-corrected chi connectivity index (χ1v) is 1.18. The minimum atomic E-state index is 0.208. The summed E-state index contributed by atoms with van der Waals surface area (Å²) < 4.78 is 0. The molecule has 4 heteroatoms. The molecule has 0 atom stereocenters. The Kier molecular flexibility index (Phi) is 3.18. The molecule has 0 aliphatic heterocycles. The second-order valence-corrected chi connectivity index (χ2v) is 0.520. The van der Waals surface area contributed by atoms with Gasteiger partial charge in [-0.2, -0.15) is 5.11 Å². The smallest absolute Gasteiger partial charge is 0.121 e. The van der Waals surface area contributed by atoms with Crippen LogP contribution in [0.4, 0.5) is 0 Å². The number of hydrogen-bond acceptors (Lipinski definition) is 4. The maximum Gasteiger partial charge on any atom is 0.121 e. The number of hydrogen-bond donors (Lipinski definition) is 3.